The average molecular weight is 238 g/mol. The van der Waals surface area contributed by atoms with Gasteiger partial charge in [-0.15, -0.1) is 0 Å². The maximum absolute atomic E-state index is 9.39. The molecule has 16 heavy (non-hydrogen) atoms. The zero-order chi connectivity index (χ0) is 12.2. The fourth-order valence-electron chi connectivity index (χ4n) is 1.90. The van der Waals surface area contributed by atoms with E-state index < -0.39 is 5.41 Å². The van der Waals surface area contributed by atoms with Gasteiger partial charge in [-0.3, -0.25) is 0 Å². The molecule has 0 amide bonds. The number of halogens is 1. The van der Waals surface area contributed by atoms with Crippen molar-refractivity contribution >= 4 is 11.6 Å². The quantitative estimate of drug-likeness (QED) is 0.795. The van der Waals surface area contributed by atoms with E-state index in [0.717, 1.165) is 24.2 Å². The van der Waals surface area contributed by atoms with Gasteiger partial charge in [0.15, 0.2) is 0 Å². The van der Waals surface area contributed by atoms with Crippen molar-refractivity contribution < 1.29 is 4.74 Å². The van der Waals surface area contributed by atoms with Gasteiger partial charge in [0, 0.05) is 10.6 Å². The Labute approximate surface area is 102 Å². The summed E-state index contributed by atoms with van der Waals surface area (Å²) >= 11 is 5.99. The summed E-state index contributed by atoms with van der Waals surface area (Å²) in [6.07, 6.45) is 1.49. The lowest BCUT2D eigenvalue weighted by Gasteiger charge is -2.26. The fourth-order valence-corrected chi connectivity index (χ4v) is 2.08. The van der Waals surface area contributed by atoms with E-state index in [1.54, 1.807) is 13.2 Å². The van der Waals surface area contributed by atoms with Crippen molar-refractivity contribution in [1.29, 1.82) is 5.26 Å². The van der Waals surface area contributed by atoms with Gasteiger partial charge in [0.1, 0.15) is 5.75 Å². The lowest BCUT2D eigenvalue weighted by atomic mass is 9.77. The van der Waals surface area contributed by atoms with Gasteiger partial charge in [0.25, 0.3) is 0 Å². The molecule has 3 heteroatoms. The average Bonchev–Trinajstić information content (AvgIpc) is 2.32. The van der Waals surface area contributed by atoms with Crippen LogP contribution in [0.2, 0.25) is 5.02 Å². The molecule has 0 aliphatic heterocycles. The van der Waals surface area contributed by atoms with Crippen LogP contribution in [0.1, 0.15) is 32.3 Å². The van der Waals surface area contributed by atoms with Crippen molar-refractivity contribution in [3.05, 3.63) is 28.8 Å². The number of benzene rings is 1. The van der Waals surface area contributed by atoms with Crippen LogP contribution in [0.15, 0.2) is 18.2 Å². The van der Waals surface area contributed by atoms with Crippen LogP contribution in [0, 0.1) is 11.3 Å². The van der Waals surface area contributed by atoms with Crippen molar-refractivity contribution in [2.24, 2.45) is 0 Å². The summed E-state index contributed by atoms with van der Waals surface area (Å²) in [4.78, 5) is 0. The van der Waals surface area contributed by atoms with Crippen LogP contribution in [-0.2, 0) is 5.41 Å². The number of hydrogen-bond donors (Lipinski definition) is 0. The zero-order valence-electron chi connectivity index (χ0n) is 9.88. The molecule has 0 heterocycles. The highest BCUT2D eigenvalue weighted by Gasteiger charge is 2.31. The molecule has 0 aliphatic rings. The third-order valence-electron chi connectivity index (χ3n) is 3.10. The normalized spacial score (nSPS) is 10.9. The Kier molecular flexibility index (Phi) is 4.20. The van der Waals surface area contributed by atoms with Crippen LogP contribution >= 0.6 is 11.6 Å². The molecular weight excluding hydrogens is 222 g/mol. The Bertz CT molecular complexity index is 405. The van der Waals surface area contributed by atoms with Crippen LogP contribution < -0.4 is 4.74 Å². The van der Waals surface area contributed by atoms with Gasteiger partial charge in [0.05, 0.1) is 18.6 Å². The molecule has 0 saturated carbocycles. The molecule has 0 radical (unpaired) electrons. The molecule has 0 unspecified atom stereocenters. The number of ether oxygens (including phenoxy) is 1. The van der Waals surface area contributed by atoms with Gasteiger partial charge in [-0.25, -0.2) is 0 Å². The second-order valence-corrected chi connectivity index (χ2v) is 4.18. The predicted molar refractivity (Wildman–Crippen MR) is 65.9 cm³/mol. The van der Waals surface area contributed by atoms with Gasteiger partial charge in [-0.05, 0) is 31.0 Å². The molecular formula is C13H16ClNO. The van der Waals surface area contributed by atoms with Crippen LogP contribution in [0.5, 0.6) is 5.75 Å². The van der Waals surface area contributed by atoms with E-state index in [0.29, 0.717) is 5.02 Å². The summed E-state index contributed by atoms with van der Waals surface area (Å²) in [6, 6.07) is 7.81. The highest BCUT2D eigenvalue weighted by atomic mass is 35.5. The third-order valence-corrected chi connectivity index (χ3v) is 3.33. The molecule has 1 aromatic carbocycles. The fraction of sp³-hybridized carbons (Fsp3) is 0.462. The number of rotatable bonds is 4. The van der Waals surface area contributed by atoms with E-state index in [1.807, 2.05) is 26.0 Å². The minimum atomic E-state index is -0.504. The first-order chi connectivity index (χ1) is 7.63. The number of nitriles is 1. The van der Waals surface area contributed by atoms with Crippen molar-refractivity contribution in [2.45, 2.75) is 32.1 Å². The smallest absolute Gasteiger partial charge is 0.123 e. The molecule has 1 aromatic rings. The van der Waals surface area contributed by atoms with Gasteiger partial charge in [-0.2, -0.15) is 5.26 Å². The van der Waals surface area contributed by atoms with Crippen molar-refractivity contribution in [3.63, 3.8) is 0 Å². The molecule has 0 N–H and O–H groups in total. The van der Waals surface area contributed by atoms with E-state index in [1.165, 1.54) is 0 Å². The molecule has 0 fully saturated rings. The zero-order valence-corrected chi connectivity index (χ0v) is 10.6. The Hall–Kier alpha value is -1.20. The Morgan fingerprint density at radius 2 is 2.00 bits per heavy atom. The molecule has 86 valence electrons. The summed E-state index contributed by atoms with van der Waals surface area (Å²) in [6.45, 7) is 4.01. The third kappa shape index (κ3) is 2.15. The molecule has 0 spiro atoms. The lowest BCUT2D eigenvalue weighted by Crippen LogP contribution is -2.22. The largest absolute Gasteiger partial charge is 0.496 e. The molecule has 0 aliphatic carbocycles. The van der Waals surface area contributed by atoms with Gasteiger partial charge in [-0.1, -0.05) is 25.4 Å². The van der Waals surface area contributed by atoms with Gasteiger partial charge >= 0.3 is 0 Å². The highest BCUT2D eigenvalue weighted by molar-refractivity contribution is 6.30. The summed E-state index contributed by atoms with van der Waals surface area (Å²) in [5, 5.41) is 10.0. The Morgan fingerprint density at radius 3 is 2.44 bits per heavy atom. The van der Waals surface area contributed by atoms with Gasteiger partial charge in [0.2, 0.25) is 0 Å². The van der Waals surface area contributed by atoms with Crippen molar-refractivity contribution in [2.75, 3.05) is 7.11 Å². The van der Waals surface area contributed by atoms with Crippen LogP contribution in [0.4, 0.5) is 0 Å². The van der Waals surface area contributed by atoms with Crippen molar-refractivity contribution in [3.8, 4) is 11.8 Å². The molecule has 0 saturated heterocycles. The van der Waals surface area contributed by atoms with E-state index in [4.69, 9.17) is 16.3 Å². The van der Waals surface area contributed by atoms with E-state index in [2.05, 4.69) is 6.07 Å². The molecule has 0 atom stereocenters. The van der Waals surface area contributed by atoms with E-state index in [9.17, 15) is 5.26 Å². The molecule has 1 rings (SSSR count). The number of methoxy groups -OCH3 is 1. The van der Waals surface area contributed by atoms with E-state index in [-0.39, 0.29) is 0 Å². The maximum atomic E-state index is 9.39. The SMILES string of the molecule is CCC(C#N)(CC)c1cc(Cl)ccc1OC. The minimum absolute atomic E-state index is 0.504. The van der Waals surface area contributed by atoms with Crippen molar-refractivity contribution in [1.82, 2.24) is 0 Å². The molecule has 2 nitrogen and oxygen atoms in total. The molecule has 0 bridgehead atoms. The summed E-state index contributed by atoms with van der Waals surface area (Å²) < 4.78 is 5.30. The lowest BCUT2D eigenvalue weighted by molar-refractivity contribution is 0.391. The first kappa shape index (κ1) is 12.9. The second kappa shape index (κ2) is 5.23. The van der Waals surface area contributed by atoms with Crippen LogP contribution in [-0.4, -0.2) is 7.11 Å². The summed E-state index contributed by atoms with van der Waals surface area (Å²) in [7, 11) is 1.61. The summed E-state index contributed by atoms with van der Waals surface area (Å²) in [5.74, 6) is 0.731. The van der Waals surface area contributed by atoms with Gasteiger partial charge < -0.3 is 4.74 Å². The predicted octanol–water partition coefficient (Wildman–Crippen LogP) is 3.93. The monoisotopic (exact) mass is 237 g/mol. The van der Waals surface area contributed by atoms with Crippen LogP contribution in [0.25, 0.3) is 0 Å². The Balaban J connectivity index is 3.39. The van der Waals surface area contributed by atoms with E-state index >= 15 is 0 Å². The Morgan fingerprint density at radius 1 is 1.38 bits per heavy atom. The minimum Gasteiger partial charge on any atom is -0.496 e. The first-order valence-corrected chi connectivity index (χ1v) is 5.76. The number of hydrogen-bond acceptors (Lipinski definition) is 2. The summed E-state index contributed by atoms with van der Waals surface area (Å²) in [5.41, 5.74) is 0.381. The highest BCUT2D eigenvalue weighted by Crippen LogP contribution is 2.38. The topological polar surface area (TPSA) is 33.0 Å². The number of nitrogens with zero attached hydrogens (tertiary/aromatic N) is 1. The first-order valence-electron chi connectivity index (χ1n) is 5.38. The molecule has 0 aromatic heterocycles. The van der Waals surface area contributed by atoms with Crippen LogP contribution in [0.3, 0.4) is 0 Å². The second-order valence-electron chi connectivity index (χ2n) is 3.75. The maximum Gasteiger partial charge on any atom is 0.123 e. The standard InChI is InChI=1S/C13H16ClNO/c1-4-13(5-2,9-15)11-8-10(14)6-7-12(11)16-3/h6-8H,4-5H2,1-3H3.